The molecular weight excluding hydrogens is 448 g/mol. The van der Waals surface area contributed by atoms with Gasteiger partial charge < -0.3 is 24.4 Å². The molecule has 35 heavy (non-hydrogen) atoms. The standard InChI is InChI=1S/C27H44N2O6/c1-7-12-16-28(15-8-2)24(32)22-27-14-13-26(10-4,35-27)21(25(33)34-11-5)20(27)23(31)29(22)19(17-30)18(6)9-3/h8,18-22,30H,2,7,9-17H2,1,3-6H3/t18-,19-,20-,21-,22?,26+,27?/m0/s1. The van der Waals surface area contributed by atoms with Crippen LogP contribution in [-0.2, 0) is 23.9 Å². The molecular formula is C27H44N2O6. The molecule has 3 aliphatic rings. The van der Waals surface area contributed by atoms with Crippen LogP contribution in [0.5, 0.6) is 0 Å². The van der Waals surface area contributed by atoms with Gasteiger partial charge in [-0.25, -0.2) is 0 Å². The predicted octanol–water partition coefficient (Wildman–Crippen LogP) is 2.93. The van der Waals surface area contributed by atoms with Crippen molar-refractivity contribution in [2.75, 3.05) is 26.3 Å². The fourth-order valence-electron chi connectivity index (χ4n) is 6.67. The van der Waals surface area contributed by atoms with Crippen LogP contribution in [0.25, 0.3) is 0 Å². The minimum Gasteiger partial charge on any atom is -0.466 e. The van der Waals surface area contributed by atoms with Gasteiger partial charge in [0.1, 0.15) is 17.6 Å². The maximum Gasteiger partial charge on any atom is 0.312 e. The first kappa shape index (κ1) is 27.7. The maximum atomic E-state index is 14.3. The van der Waals surface area contributed by atoms with Crippen LogP contribution in [0.2, 0.25) is 0 Å². The minimum absolute atomic E-state index is 0.0312. The van der Waals surface area contributed by atoms with Crippen LogP contribution >= 0.6 is 0 Å². The molecule has 8 heteroatoms. The largest absolute Gasteiger partial charge is 0.466 e. The van der Waals surface area contributed by atoms with Gasteiger partial charge in [-0.3, -0.25) is 14.4 Å². The van der Waals surface area contributed by atoms with Gasteiger partial charge in [-0.1, -0.05) is 46.6 Å². The van der Waals surface area contributed by atoms with E-state index in [1.165, 1.54) is 0 Å². The van der Waals surface area contributed by atoms with Crippen LogP contribution in [0.3, 0.4) is 0 Å². The summed E-state index contributed by atoms with van der Waals surface area (Å²) < 4.78 is 12.2. The Labute approximate surface area is 210 Å². The number of hydrogen-bond donors (Lipinski definition) is 1. The summed E-state index contributed by atoms with van der Waals surface area (Å²) in [6.45, 7) is 14.5. The smallest absolute Gasteiger partial charge is 0.312 e. The summed E-state index contributed by atoms with van der Waals surface area (Å²) in [5.74, 6) is -2.47. The van der Waals surface area contributed by atoms with Gasteiger partial charge >= 0.3 is 5.97 Å². The van der Waals surface area contributed by atoms with E-state index in [1.54, 1.807) is 22.8 Å². The molecule has 3 aliphatic heterocycles. The summed E-state index contributed by atoms with van der Waals surface area (Å²) in [5, 5.41) is 10.4. The normalized spacial score (nSPS) is 32.9. The number of unbranched alkanes of at least 4 members (excludes halogenated alkanes) is 1. The van der Waals surface area contributed by atoms with Gasteiger partial charge in [0, 0.05) is 13.1 Å². The van der Waals surface area contributed by atoms with E-state index in [-0.39, 0.29) is 30.9 Å². The van der Waals surface area contributed by atoms with Gasteiger partial charge in [0.15, 0.2) is 0 Å². The summed E-state index contributed by atoms with van der Waals surface area (Å²) in [4.78, 5) is 45.0. The molecule has 7 atom stereocenters. The fourth-order valence-corrected chi connectivity index (χ4v) is 6.67. The van der Waals surface area contributed by atoms with Crippen LogP contribution in [0.15, 0.2) is 12.7 Å². The lowest BCUT2D eigenvalue weighted by Crippen LogP contribution is -2.60. The Morgan fingerprint density at radius 2 is 2.03 bits per heavy atom. The highest BCUT2D eigenvalue weighted by Crippen LogP contribution is 2.65. The average molecular weight is 493 g/mol. The van der Waals surface area contributed by atoms with Crippen LogP contribution in [0.1, 0.15) is 73.1 Å². The molecule has 3 saturated heterocycles. The molecule has 3 heterocycles. The molecule has 0 saturated carbocycles. The lowest BCUT2D eigenvalue weighted by Gasteiger charge is -2.41. The zero-order valence-corrected chi connectivity index (χ0v) is 22.1. The number of carbonyl (C=O) groups is 3. The Kier molecular flexibility index (Phi) is 8.69. The second-order valence-electron chi connectivity index (χ2n) is 10.4. The number of nitrogens with zero attached hydrogens (tertiary/aromatic N) is 2. The zero-order valence-electron chi connectivity index (χ0n) is 22.1. The first-order valence-electron chi connectivity index (χ1n) is 13.4. The monoisotopic (exact) mass is 492 g/mol. The molecule has 0 aromatic rings. The van der Waals surface area contributed by atoms with E-state index in [2.05, 4.69) is 13.5 Å². The maximum absolute atomic E-state index is 14.3. The van der Waals surface area contributed by atoms with Crippen molar-refractivity contribution < 1.29 is 29.0 Å². The molecule has 0 aromatic heterocycles. The summed E-state index contributed by atoms with van der Waals surface area (Å²) >= 11 is 0. The van der Waals surface area contributed by atoms with E-state index in [9.17, 15) is 19.5 Å². The van der Waals surface area contributed by atoms with Crippen LogP contribution in [-0.4, -0.2) is 82.3 Å². The van der Waals surface area contributed by atoms with Crippen molar-refractivity contribution in [3.63, 3.8) is 0 Å². The van der Waals surface area contributed by atoms with Gasteiger partial charge in [0.2, 0.25) is 11.8 Å². The molecule has 198 valence electrons. The third kappa shape index (κ3) is 4.31. The highest BCUT2D eigenvalue weighted by molar-refractivity contribution is 5.98. The molecule has 2 amide bonds. The highest BCUT2D eigenvalue weighted by Gasteiger charge is 2.79. The summed E-state index contributed by atoms with van der Waals surface area (Å²) in [5.41, 5.74) is -1.91. The topological polar surface area (TPSA) is 96.4 Å². The number of ether oxygens (including phenoxy) is 2. The van der Waals surface area contributed by atoms with Crippen molar-refractivity contribution in [3.8, 4) is 0 Å². The number of likely N-dealkylation sites (tertiary alicyclic amines) is 1. The SMILES string of the molecule is C=CCN(CCCC)C(=O)C1N([C@@H](CO)[C@@H](C)CC)C(=O)[C@@H]2[C@@H](C(=O)OCC)[C@@]3(CC)CCC12O3. The number of aliphatic hydroxyl groups excluding tert-OH is 1. The summed E-state index contributed by atoms with van der Waals surface area (Å²) in [6.07, 6.45) is 5.87. The van der Waals surface area contributed by atoms with Gasteiger partial charge in [-0.2, -0.15) is 0 Å². The third-order valence-electron chi connectivity index (χ3n) is 8.68. The number of fused-ring (bicyclic) bond motifs is 1. The van der Waals surface area contributed by atoms with Crippen molar-refractivity contribution >= 4 is 17.8 Å². The molecule has 3 fully saturated rings. The second-order valence-corrected chi connectivity index (χ2v) is 10.4. The van der Waals surface area contributed by atoms with Crippen molar-refractivity contribution in [3.05, 3.63) is 12.7 Å². The molecule has 3 rings (SSSR count). The Hall–Kier alpha value is -1.93. The Morgan fingerprint density at radius 1 is 1.31 bits per heavy atom. The van der Waals surface area contributed by atoms with E-state index in [0.717, 1.165) is 19.3 Å². The van der Waals surface area contributed by atoms with Crippen molar-refractivity contribution in [1.29, 1.82) is 0 Å². The number of hydrogen-bond acceptors (Lipinski definition) is 6. The van der Waals surface area contributed by atoms with Crippen molar-refractivity contribution in [2.24, 2.45) is 17.8 Å². The van der Waals surface area contributed by atoms with Gasteiger partial charge in [0.05, 0.1) is 30.8 Å². The van der Waals surface area contributed by atoms with Crippen LogP contribution in [0.4, 0.5) is 0 Å². The van der Waals surface area contributed by atoms with Crippen molar-refractivity contribution in [2.45, 2.75) is 96.4 Å². The van der Waals surface area contributed by atoms with Crippen LogP contribution in [0, 0.1) is 17.8 Å². The quantitative estimate of drug-likeness (QED) is 0.314. The first-order chi connectivity index (χ1) is 16.7. The molecule has 2 bridgehead atoms. The van der Waals surface area contributed by atoms with E-state index in [1.807, 2.05) is 20.8 Å². The molecule has 0 aromatic carbocycles. The minimum atomic E-state index is -1.10. The van der Waals surface area contributed by atoms with E-state index in [4.69, 9.17) is 9.47 Å². The summed E-state index contributed by atoms with van der Waals surface area (Å²) in [6, 6.07) is -1.43. The van der Waals surface area contributed by atoms with Gasteiger partial charge in [0.25, 0.3) is 0 Å². The number of aliphatic hydroxyl groups is 1. The lowest BCUT2D eigenvalue weighted by molar-refractivity contribution is -0.164. The van der Waals surface area contributed by atoms with Crippen molar-refractivity contribution in [1.82, 2.24) is 9.80 Å². The van der Waals surface area contributed by atoms with Gasteiger partial charge in [-0.15, -0.1) is 6.58 Å². The molecule has 0 radical (unpaired) electrons. The lowest BCUT2D eigenvalue weighted by atomic mass is 9.65. The average Bonchev–Trinajstić information content (AvgIpc) is 3.46. The van der Waals surface area contributed by atoms with E-state index in [0.29, 0.717) is 32.4 Å². The number of amides is 2. The predicted molar refractivity (Wildman–Crippen MR) is 132 cm³/mol. The molecule has 1 N–H and O–H groups in total. The highest BCUT2D eigenvalue weighted by atomic mass is 16.6. The fraction of sp³-hybridized carbons (Fsp3) is 0.815. The van der Waals surface area contributed by atoms with E-state index >= 15 is 0 Å². The number of carbonyl (C=O) groups excluding carboxylic acids is 3. The molecule has 1 spiro atoms. The third-order valence-corrected chi connectivity index (χ3v) is 8.68. The van der Waals surface area contributed by atoms with Crippen LogP contribution < -0.4 is 0 Å². The second kappa shape index (κ2) is 11.0. The number of rotatable bonds is 13. The zero-order chi connectivity index (χ0) is 26.0. The summed E-state index contributed by atoms with van der Waals surface area (Å²) in [7, 11) is 0. The molecule has 8 nitrogen and oxygen atoms in total. The van der Waals surface area contributed by atoms with Gasteiger partial charge in [-0.05, 0) is 38.5 Å². The number of esters is 1. The van der Waals surface area contributed by atoms with E-state index < -0.39 is 41.1 Å². The first-order valence-corrected chi connectivity index (χ1v) is 13.4. The Morgan fingerprint density at radius 3 is 2.57 bits per heavy atom. The molecule has 2 unspecified atom stereocenters. The Bertz CT molecular complexity index is 817. The molecule has 0 aliphatic carbocycles. The Balaban J connectivity index is 2.16.